The van der Waals surface area contributed by atoms with Gasteiger partial charge in [-0.1, -0.05) is 0 Å². The molecule has 0 spiro atoms. The molecule has 1 aromatic rings. The van der Waals surface area contributed by atoms with Crippen molar-refractivity contribution in [1.82, 2.24) is 4.90 Å². The molecule has 0 aliphatic rings. The highest BCUT2D eigenvalue weighted by atomic mass is 79.9. The van der Waals surface area contributed by atoms with E-state index in [9.17, 15) is 0 Å². The third kappa shape index (κ3) is 4.22. The van der Waals surface area contributed by atoms with Crippen LogP contribution < -0.4 is 0 Å². The molecule has 0 aliphatic heterocycles. The van der Waals surface area contributed by atoms with Crippen molar-refractivity contribution in [3.8, 4) is 0 Å². The molecule has 0 amide bonds. The van der Waals surface area contributed by atoms with Crippen molar-refractivity contribution in [2.75, 3.05) is 13.6 Å². The third-order valence-corrected chi connectivity index (χ3v) is 3.24. The van der Waals surface area contributed by atoms with Gasteiger partial charge >= 0.3 is 0 Å². The number of halogens is 1. The number of nitrogens with zero attached hydrogens (tertiary/aromatic N) is 1. The van der Waals surface area contributed by atoms with Gasteiger partial charge in [-0.15, -0.1) is 11.3 Å². The van der Waals surface area contributed by atoms with Gasteiger partial charge in [-0.25, -0.2) is 0 Å². The molecule has 0 saturated carbocycles. The summed E-state index contributed by atoms with van der Waals surface area (Å²) in [6, 6.07) is 4.16. The Kier molecular flexibility index (Phi) is 4.38. The molecule has 0 radical (unpaired) electrons. The highest BCUT2D eigenvalue weighted by Gasteiger charge is 2.05. The largest absolute Gasteiger partial charge is 0.392 e. The van der Waals surface area contributed by atoms with Gasteiger partial charge in [0, 0.05) is 18.0 Å². The monoisotopic (exact) mass is 263 g/mol. The second-order valence-electron chi connectivity index (χ2n) is 3.25. The average molecular weight is 264 g/mol. The van der Waals surface area contributed by atoms with Crippen molar-refractivity contribution in [2.24, 2.45) is 0 Å². The van der Waals surface area contributed by atoms with Crippen LogP contribution in [0.1, 0.15) is 11.8 Å². The Bertz CT molecular complexity index is 262. The van der Waals surface area contributed by atoms with E-state index in [1.54, 1.807) is 18.3 Å². The molecule has 13 heavy (non-hydrogen) atoms. The van der Waals surface area contributed by atoms with Gasteiger partial charge in [-0.3, -0.25) is 4.90 Å². The maximum atomic E-state index is 9.16. The Morgan fingerprint density at radius 1 is 1.62 bits per heavy atom. The number of hydrogen-bond acceptors (Lipinski definition) is 3. The number of aliphatic hydroxyl groups excluding tert-OH is 1. The van der Waals surface area contributed by atoms with Gasteiger partial charge in [-0.05, 0) is 42.0 Å². The molecule has 74 valence electrons. The van der Waals surface area contributed by atoms with Gasteiger partial charge in [0.05, 0.1) is 9.89 Å². The Labute approximate surface area is 91.3 Å². The molecule has 0 bridgehead atoms. The predicted octanol–water partition coefficient (Wildman–Crippen LogP) is 2.32. The van der Waals surface area contributed by atoms with Crippen LogP contribution >= 0.6 is 27.3 Å². The van der Waals surface area contributed by atoms with E-state index in [2.05, 4.69) is 33.0 Å². The van der Waals surface area contributed by atoms with E-state index in [1.807, 2.05) is 7.05 Å². The zero-order chi connectivity index (χ0) is 9.84. The molecule has 1 heterocycles. The maximum absolute atomic E-state index is 9.16. The van der Waals surface area contributed by atoms with E-state index in [1.165, 1.54) is 4.88 Å². The molecule has 1 rings (SSSR count). The summed E-state index contributed by atoms with van der Waals surface area (Å²) in [5.74, 6) is 0. The van der Waals surface area contributed by atoms with E-state index < -0.39 is 0 Å². The van der Waals surface area contributed by atoms with Crippen molar-refractivity contribution in [3.63, 3.8) is 0 Å². The van der Waals surface area contributed by atoms with Crippen LogP contribution in [0.3, 0.4) is 0 Å². The molecular weight excluding hydrogens is 250 g/mol. The Balaban J connectivity index is 2.40. The molecule has 1 aromatic heterocycles. The molecule has 1 N–H and O–H groups in total. The lowest BCUT2D eigenvalue weighted by atomic mass is 10.3. The summed E-state index contributed by atoms with van der Waals surface area (Å²) < 4.78 is 1.16. The van der Waals surface area contributed by atoms with Gasteiger partial charge in [-0.2, -0.15) is 0 Å². The van der Waals surface area contributed by atoms with E-state index in [-0.39, 0.29) is 6.10 Å². The molecule has 4 heteroatoms. The first kappa shape index (κ1) is 11.2. The fraction of sp³-hybridized carbons (Fsp3) is 0.556. The first-order valence-electron chi connectivity index (χ1n) is 4.18. The minimum absolute atomic E-state index is 0.256. The van der Waals surface area contributed by atoms with Gasteiger partial charge in [0.15, 0.2) is 0 Å². The van der Waals surface area contributed by atoms with Crippen LogP contribution in [0, 0.1) is 0 Å². The molecule has 1 unspecified atom stereocenters. The molecule has 0 fully saturated rings. The van der Waals surface area contributed by atoms with Crippen LogP contribution in [-0.2, 0) is 6.54 Å². The highest BCUT2D eigenvalue weighted by molar-refractivity contribution is 9.11. The van der Waals surface area contributed by atoms with Crippen LogP contribution in [0.15, 0.2) is 15.9 Å². The van der Waals surface area contributed by atoms with E-state index in [0.717, 1.165) is 16.9 Å². The summed E-state index contributed by atoms with van der Waals surface area (Å²) >= 11 is 5.16. The van der Waals surface area contributed by atoms with Gasteiger partial charge in [0.1, 0.15) is 0 Å². The third-order valence-electron chi connectivity index (χ3n) is 1.63. The summed E-state index contributed by atoms with van der Waals surface area (Å²) in [6.07, 6.45) is -0.256. The summed E-state index contributed by atoms with van der Waals surface area (Å²) in [5.41, 5.74) is 0. The molecule has 0 aromatic carbocycles. The smallest absolute Gasteiger partial charge is 0.0701 e. The highest BCUT2D eigenvalue weighted by Crippen LogP contribution is 2.22. The lowest BCUT2D eigenvalue weighted by Crippen LogP contribution is -2.26. The normalized spacial score (nSPS) is 13.6. The second-order valence-corrected chi connectivity index (χ2v) is 5.80. The summed E-state index contributed by atoms with van der Waals surface area (Å²) in [4.78, 5) is 3.43. The summed E-state index contributed by atoms with van der Waals surface area (Å²) in [6.45, 7) is 3.43. The van der Waals surface area contributed by atoms with Crippen LogP contribution in [0.4, 0.5) is 0 Å². The Morgan fingerprint density at radius 3 is 2.77 bits per heavy atom. The minimum atomic E-state index is -0.256. The zero-order valence-corrected chi connectivity index (χ0v) is 10.2. The molecule has 1 atom stereocenters. The van der Waals surface area contributed by atoms with Crippen molar-refractivity contribution in [1.29, 1.82) is 0 Å². The van der Waals surface area contributed by atoms with Crippen molar-refractivity contribution in [2.45, 2.75) is 19.6 Å². The predicted molar refractivity (Wildman–Crippen MR) is 60.0 cm³/mol. The number of rotatable bonds is 4. The van der Waals surface area contributed by atoms with E-state index in [4.69, 9.17) is 5.11 Å². The van der Waals surface area contributed by atoms with Crippen molar-refractivity contribution in [3.05, 3.63) is 20.8 Å². The van der Waals surface area contributed by atoms with Crippen molar-refractivity contribution >= 4 is 27.3 Å². The van der Waals surface area contributed by atoms with Crippen LogP contribution in [0.2, 0.25) is 0 Å². The molecule has 2 nitrogen and oxygen atoms in total. The SMILES string of the molecule is CC(O)CN(C)Cc1ccc(Br)s1. The van der Waals surface area contributed by atoms with E-state index in [0.29, 0.717) is 0 Å². The van der Waals surface area contributed by atoms with Gasteiger partial charge in [0.25, 0.3) is 0 Å². The van der Waals surface area contributed by atoms with Crippen LogP contribution in [0.5, 0.6) is 0 Å². The molecule has 0 saturated heterocycles. The Hall–Kier alpha value is 0.1000. The minimum Gasteiger partial charge on any atom is -0.392 e. The maximum Gasteiger partial charge on any atom is 0.0701 e. The average Bonchev–Trinajstić information content (AvgIpc) is 2.33. The van der Waals surface area contributed by atoms with Gasteiger partial charge < -0.3 is 5.11 Å². The second kappa shape index (κ2) is 5.10. The first-order chi connectivity index (χ1) is 6.08. The topological polar surface area (TPSA) is 23.5 Å². The number of thiophene rings is 1. The number of likely N-dealkylation sites (N-methyl/N-ethyl adjacent to an activating group) is 1. The lowest BCUT2D eigenvalue weighted by molar-refractivity contribution is 0.139. The van der Waals surface area contributed by atoms with Crippen LogP contribution in [-0.4, -0.2) is 29.7 Å². The Morgan fingerprint density at radius 2 is 2.31 bits per heavy atom. The molecule has 0 aliphatic carbocycles. The van der Waals surface area contributed by atoms with E-state index >= 15 is 0 Å². The number of aliphatic hydroxyl groups is 1. The lowest BCUT2D eigenvalue weighted by Gasteiger charge is -2.16. The fourth-order valence-electron chi connectivity index (χ4n) is 1.22. The quantitative estimate of drug-likeness (QED) is 0.902. The number of hydrogen-bond donors (Lipinski definition) is 1. The summed E-state index contributed by atoms with van der Waals surface area (Å²) in [7, 11) is 2.01. The first-order valence-corrected chi connectivity index (χ1v) is 5.79. The van der Waals surface area contributed by atoms with Crippen LogP contribution in [0.25, 0.3) is 0 Å². The summed E-state index contributed by atoms with van der Waals surface area (Å²) in [5, 5.41) is 9.16. The van der Waals surface area contributed by atoms with Crippen molar-refractivity contribution < 1.29 is 5.11 Å². The molecular formula is C9H14BrNOS. The van der Waals surface area contributed by atoms with Gasteiger partial charge in [0.2, 0.25) is 0 Å². The zero-order valence-electron chi connectivity index (χ0n) is 7.83. The fourth-order valence-corrected chi connectivity index (χ4v) is 2.78. The standard InChI is InChI=1S/C9H14BrNOS/c1-7(12)5-11(2)6-8-3-4-9(10)13-8/h3-4,7,12H,5-6H2,1-2H3.